The van der Waals surface area contributed by atoms with Crippen LogP contribution in [0.5, 0.6) is 0 Å². The Morgan fingerprint density at radius 1 is 1.11 bits per heavy atom. The number of likely N-dealkylation sites (N-methyl/N-ethyl adjacent to an activating group) is 2. The second-order valence-electron chi connectivity index (χ2n) is 6.20. The van der Waals surface area contributed by atoms with E-state index in [0.29, 0.717) is 5.54 Å². The SMILES string of the molecule is CN1CCN(CCN(C)C2(CN)CCCC2)CC1. The quantitative estimate of drug-likeness (QED) is 0.772. The summed E-state index contributed by atoms with van der Waals surface area (Å²) in [5.74, 6) is 0. The zero-order valence-corrected chi connectivity index (χ0v) is 12.2. The van der Waals surface area contributed by atoms with E-state index < -0.39 is 0 Å². The molecule has 1 aliphatic carbocycles. The van der Waals surface area contributed by atoms with Crippen molar-refractivity contribution in [2.45, 2.75) is 31.2 Å². The average molecular weight is 254 g/mol. The molecule has 0 aromatic heterocycles. The number of piperazine rings is 1. The summed E-state index contributed by atoms with van der Waals surface area (Å²) >= 11 is 0. The predicted octanol–water partition coefficient (Wildman–Crippen LogP) is 0.437. The molecule has 1 heterocycles. The Kier molecular flexibility index (Phi) is 5.01. The minimum Gasteiger partial charge on any atom is -0.329 e. The van der Waals surface area contributed by atoms with Gasteiger partial charge in [-0.2, -0.15) is 0 Å². The highest BCUT2D eigenvalue weighted by Crippen LogP contribution is 2.33. The molecule has 2 N–H and O–H groups in total. The van der Waals surface area contributed by atoms with E-state index in [2.05, 4.69) is 28.8 Å². The van der Waals surface area contributed by atoms with Crippen LogP contribution >= 0.6 is 0 Å². The highest BCUT2D eigenvalue weighted by atomic mass is 15.3. The molecule has 2 fully saturated rings. The Morgan fingerprint density at radius 2 is 1.72 bits per heavy atom. The molecule has 18 heavy (non-hydrogen) atoms. The van der Waals surface area contributed by atoms with E-state index in [1.807, 2.05) is 0 Å². The lowest BCUT2D eigenvalue weighted by atomic mass is 9.96. The molecule has 0 spiro atoms. The van der Waals surface area contributed by atoms with Gasteiger partial charge in [0.1, 0.15) is 0 Å². The van der Waals surface area contributed by atoms with Crippen molar-refractivity contribution in [3.8, 4) is 0 Å². The van der Waals surface area contributed by atoms with Gasteiger partial charge in [0.05, 0.1) is 0 Å². The lowest BCUT2D eigenvalue weighted by Crippen LogP contribution is -2.53. The van der Waals surface area contributed by atoms with Gasteiger partial charge < -0.3 is 10.6 Å². The molecule has 1 saturated heterocycles. The fourth-order valence-electron chi connectivity index (χ4n) is 3.37. The molecule has 0 unspecified atom stereocenters. The molecule has 4 nitrogen and oxygen atoms in total. The Morgan fingerprint density at radius 3 is 2.28 bits per heavy atom. The summed E-state index contributed by atoms with van der Waals surface area (Å²) in [5, 5.41) is 0. The summed E-state index contributed by atoms with van der Waals surface area (Å²) in [6.45, 7) is 8.07. The first-order valence-corrected chi connectivity index (χ1v) is 7.48. The summed E-state index contributed by atoms with van der Waals surface area (Å²) in [7, 11) is 4.49. The van der Waals surface area contributed by atoms with Crippen LogP contribution in [0.15, 0.2) is 0 Å². The van der Waals surface area contributed by atoms with Crippen LogP contribution in [0.25, 0.3) is 0 Å². The molecule has 4 heteroatoms. The van der Waals surface area contributed by atoms with Crippen molar-refractivity contribution >= 4 is 0 Å². The minimum atomic E-state index is 0.312. The van der Waals surface area contributed by atoms with Crippen LogP contribution in [0.2, 0.25) is 0 Å². The van der Waals surface area contributed by atoms with Crippen LogP contribution in [-0.4, -0.2) is 80.1 Å². The Balaban J connectivity index is 1.75. The van der Waals surface area contributed by atoms with Crippen molar-refractivity contribution in [2.24, 2.45) is 5.73 Å². The maximum atomic E-state index is 6.03. The maximum Gasteiger partial charge on any atom is 0.0329 e. The zero-order valence-electron chi connectivity index (χ0n) is 12.2. The molecule has 0 aromatic rings. The molecule has 0 atom stereocenters. The number of rotatable bonds is 5. The average Bonchev–Trinajstić information content (AvgIpc) is 2.88. The van der Waals surface area contributed by atoms with Crippen molar-refractivity contribution in [1.29, 1.82) is 0 Å². The van der Waals surface area contributed by atoms with Crippen LogP contribution in [0.3, 0.4) is 0 Å². The first kappa shape index (κ1) is 14.3. The predicted molar refractivity (Wildman–Crippen MR) is 76.8 cm³/mol. The van der Waals surface area contributed by atoms with Gasteiger partial charge in [0.15, 0.2) is 0 Å². The highest BCUT2D eigenvalue weighted by Gasteiger charge is 2.36. The van der Waals surface area contributed by atoms with E-state index in [-0.39, 0.29) is 0 Å². The van der Waals surface area contributed by atoms with Gasteiger partial charge in [-0.05, 0) is 26.9 Å². The first-order valence-electron chi connectivity index (χ1n) is 7.48. The van der Waals surface area contributed by atoms with E-state index in [1.54, 1.807) is 0 Å². The van der Waals surface area contributed by atoms with Crippen LogP contribution in [0.1, 0.15) is 25.7 Å². The van der Waals surface area contributed by atoms with Crippen LogP contribution in [0.4, 0.5) is 0 Å². The Labute approximate surface area is 112 Å². The molecule has 0 amide bonds. The molecule has 0 radical (unpaired) electrons. The molecule has 0 aromatic carbocycles. The van der Waals surface area contributed by atoms with E-state index >= 15 is 0 Å². The normalized spacial score (nSPS) is 26.0. The van der Waals surface area contributed by atoms with Gasteiger partial charge in [0.2, 0.25) is 0 Å². The zero-order chi connectivity index (χ0) is 13.0. The van der Waals surface area contributed by atoms with E-state index in [0.717, 1.165) is 6.54 Å². The Hall–Kier alpha value is -0.160. The second-order valence-corrected chi connectivity index (χ2v) is 6.20. The molecule has 106 valence electrons. The van der Waals surface area contributed by atoms with Crippen LogP contribution in [-0.2, 0) is 0 Å². The maximum absolute atomic E-state index is 6.03. The summed E-state index contributed by atoms with van der Waals surface area (Å²) in [6.07, 6.45) is 5.30. The molecular weight excluding hydrogens is 224 g/mol. The fraction of sp³-hybridized carbons (Fsp3) is 1.00. The first-order chi connectivity index (χ1) is 8.66. The third-order valence-electron chi connectivity index (χ3n) is 5.07. The topological polar surface area (TPSA) is 35.7 Å². The van der Waals surface area contributed by atoms with Gasteiger partial charge >= 0.3 is 0 Å². The second kappa shape index (κ2) is 6.33. The third kappa shape index (κ3) is 3.23. The lowest BCUT2D eigenvalue weighted by molar-refractivity contribution is 0.0937. The molecule has 2 rings (SSSR count). The van der Waals surface area contributed by atoms with Gasteiger partial charge in [0, 0.05) is 51.4 Å². The van der Waals surface area contributed by atoms with Crippen molar-refractivity contribution in [2.75, 3.05) is 59.9 Å². The fourth-order valence-corrected chi connectivity index (χ4v) is 3.37. The summed E-state index contributed by atoms with van der Waals surface area (Å²) in [4.78, 5) is 7.55. The van der Waals surface area contributed by atoms with Crippen molar-refractivity contribution < 1.29 is 0 Å². The van der Waals surface area contributed by atoms with Gasteiger partial charge in [-0.15, -0.1) is 0 Å². The molecule has 2 aliphatic rings. The van der Waals surface area contributed by atoms with Crippen LogP contribution in [0, 0.1) is 0 Å². The monoisotopic (exact) mass is 254 g/mol. The van der Waals surface area contributed by atoms with Gasteiger partial charge in [0.25, 0.3) is 0 Å². The third-order valence-corrected chi connectivity index (χ3v) is 5.07. The van der Waals surface area contributed by atoms with Crippen LogP contribution < -0.4 is 5.73 Å². The summed E-state index contributed by atoms with van der Waals surface area (Å²) < 4.78 is 0. The summed E-state index contributed by atoms with van der Waals surface area (Å²) in [5.41, 5.74) is 6.35. The smallest absolute Gasteiger partial charge is 0.0329 e. The summed E-state index contributed by atoms with van der Waals surface area (Å²) in [6, 6.07) is 0. The number of nitrogens with two attached hydrogens (primary N) is 1. The van der Waals surface area contributed by atoms with E-state index in [9.17, 15) is 0 Å². The van der Waals surface area contributed by atoms with Gasteiger partial charge in [-0.25, -0.2) is 0 Å². The Bertz CT molecular complexity index is 242. The highest BCUT2D eigenvalue weighted by molar-refractivity contribution is 4.94. The van der Waals surface area contributed by atoms with Gasteiger partial charge in [-0.3, -0.25) is 9.80 Å². The standard InChI is InChI=1S/C14H30N4/c1-16-7-10-18(11-8-16)12-9-17(2)14(13-15)5-3-4-6-14/h3-13,15H2,1-2H3. The van der Waals surface area contributed by atoms with E-state index in [4.69, 9.17) is 5.73 Å². The number of hydrogen-bond donors (Lipinski definition) is 1. The largest absolute Gasteiger partial charge is 0.329 e. The van der Waals surface area contributed by atoms with Gasteiger partial charge in [-0.1, -0.05) is 12.8 Å². The minimum absolute atomic E-state index is 0.312. The van der Waals surface area contributed by atoms with Crippen molar-refractivity contribution in [3.63, 3.8) is 0 Å². The van der Waals surface area contributed by atoms with Crippen molar-refractivity contribution in [1.82, 2.24) is 14.7 Å². The number of nitrogens with zero attached hydrogens (tertiary/aromatic N) is 3. The number of hydrogen-bond acceptors (Lipinski definition) is 4. The molecule has 0 bridgehead atoms. The molecule has 1 aliphatic heterocycles. The van der Waals surface area contributed by atoms with E-state index in [1.165, 1.54) is 65.0 Å². The van der Waals surface area contributed by atoms with Crippen molar-refractivity contribution in [3.05, 3.63) is 0 Å². The lowest BCUT2D eigenvalue weighted by Gasteiger charge is -2.40. The molecule has 1 saturated carbocycles. The molecular formula is C14H30N4.